The van der Waals surface area contributed by atoms with E-state index in [1.165, 1.54) is 0 Å². The molecule has 0 saturated heterocycles. The third-order valence-corrected chi connectivity index (χ3v) is 3.91. The average Bonchev–Trinajstić information content (AvgIpc) is 2.46. The van der Waals surface area contributed by atoms with E-state index >= 15 is 0 Å². The van der Waals surface area contributed by atoms with Crippen molar-refractivity contribution in [1.82, 2.24) is 5.32 Å². The minimum Gasteiger partial charge on any atom is -0.493 e. The molecule has 0 heterocycles. The number of halogens is 1. The molecular formula is C16H26ClNO3. The molecule has 4 nitrogen and oxygen atoms in total. The highest BCUT2D eigenvalue weighted by Crippen LogP contribution is 2.37. The molecule has 0 atom stereocenters. The van der Waals surface area contributed by atoms with Crippen LogP contribution in [0.25, 0.3) is 0 Å². The van der Waals surface area contributed by atoms with E-state index < -0.39 is 0 Å². The summed E-state index contributed by atoms with van der Waals surface area (Å²) in [6.07, 6.45) is 1.81. The third-order valence-electron chi connectivity index (χ3n) is 3.50. The first kappa shape index (κ1) is 18.1. The van der Waals surface area contributed by atoms with E-state index in [1.54, 1.807) is 14.2 Å². The van der Waals surface area contributed by atoms with Crippen LogP contribution in [0.5, 0.6) is 11.5 Å². The second-order valence-corrected chi connectivity index (χ2v) is 6.25. The van der Waals surface area contributed by atoms with Crippen molar-refractivity contribution in [3.05, 3.63) is 22.7 Å². The molecule has 5 heteroatoms. The van der Waals surface area contributed by atoms with Crippen molar-refractivity contribution in [2.75, 3.05) is 27.4 Å². The van der Waals surface area contributed by atoms with Crippen molar-refractivity contribution in [2.45, 2.75) is 33.2 Å². The van der Waals surface area contributed by atoms with Gasteiger partial charge >= 0.3 is 0 Å². The van der Waals surface area contributed by atoms with E-state index in [4.69, 9.17) is 26.2 Å². The molecule has 0 aliphatic carbocycles. The van der Waals surface area contributed by atoms with Crippen LogP contribution >= 0.6 is 11.6 Å². The van der Waals surface area contributed by atoms with Crippen LogP contribution in [0.1, 0.15) is 32.3 Å². The molecule has 0 radical (unpaired) electrons. The Morgan fingerprint density at radius 2 is 1.95 bits per heavy atom. The van der Waals surface area contributed by atoms with Gasteiger partial charge in [-0.15, -0.1) is 0 Å². The van der Waals surface area contributed by atoms with E-state index in [0.717, 1.165) is 24.9 Å². The Hall–Kier alpha value is -0.970. The molecule has 21 heavy (non-hydrogen) atoms. The second kappa shape index (κ2) is 8.47. The Bertz CT molecular complexity index is 449. The highest BCUT2D eigenvalue weighted by Gasteiger charge is 2.18. The number of aliphatic hydroxyl groups is 1. The number of hydrogen-bond acceptors (Lipinski definition) is 4. The van der Waals surface area contributed by atoms with Crippen LogP contribution in [0.2, 0.25) is 5.02 Å². The van der Waals surface area contributed by atoms with E-state index in [-0.39, 0.29) is 12.0 Å². The number of ether oxygens (including phenoxy) is 2. The molecule has 0 fully saturated rings. The summed E-state index contributed by atoms with van der Waals surface area (Å²) in [7, 11) is 3.18. The van der Waals surface area contributed by atoms with Gasteiger partial charge in [-0.2, -0.15) is 0 Å². The van der Waals surface area contributed by atoms with E-state index in [2.05, 4.69) is 19.2 Å². The molecule has 0 aliphatic rings. The standard InChI is InChI=1S/C16H26ClNO3/c1-16(2,8-5-9-19)11-18-10-12-6-7-13(20-3)15(21-4)14(12)17/h6-7,18-19H,5,8-11H2,1-4H3. The molecule has 0 saturated carbocycles. The highest BCUT2D eigenvalue weighted by molar-refractivity contribution is 6.33. The summed E-state index contributed by atoms with van der Waals surface area (Å²) < 4.78 is 10.5. The van der Waals surface area contributed by atoms with Crippen LogP contribution in [0.4, 0.5) is 0 Å². The van der Waals surface area contributed by atoms with Crippen molar-refractivity contribution in [3.63, 3.8) is 0 Å². The first-order valence-corrected chi connectivity index (χ1v) is 7.54. The monoisotopic (exact) mass is 315 g/mol. The minimum absolute atomic E-state index is 0.145. The molecule has 0 aliphatic heterocycles. The summed E-state index contributed by atoms with van der Waals surface area (Å²) in [6.45, 7) is 6.14. The predicted molar refractivity (Wildman–Crippen MR) is 86.4 cm³/mol. The maximum Gasteiger partial charge on any atom is 0.179 e. The second-order valence-electron chi connectivity index (χ2n) is 5.87. The zero-order valence-corrected chi connectivity index (χ0v) is 14.1. The third kappa shape index (κ3) is 5.38. The Morgan fingerprint density at radius 1 is 1.24 bits per heavy atom. The first-order chi connectivity index (χ1) is 9.95. The Morgan fingerprint density at radius 3 is 2.52 bits per heavy atom. The highest BCUT2D eigenvalue weighted by atomic mass is 35.5. The number of hydrogen-bond donors (Lipinski definition) is 2. The molecule has 0 amide bonds. The predicted octanol–water partition coefficient (Wildman–Crippen LogP) is 3.25. The van der Waals surface area contributed by atoms with E-state index in [9.17, 15) is 0 Å². The molecule has 1 rings (SSSR count). The lowest BCUT2D eigenvalue weighted by atomic mass is 9.88. The summed E-state index contributed by atoms with van der Waals surface area (Å²) in [6, 6.07) is 3.80. The number of rotatable bonds is 9. The maximum atomic E-state index is 8.91. The Balaban J connectivity index is 2.64. The normalized spacial score (nSPS) is 11.5. The Labute approximate surface area is 132 Å². The summed E-state index contributed by atoms with van der Waals surface area (Å²) in [4.78, 5) is 0. The molecular weight excluding hydrogens is 290 g/mol. The smallest absolute Gasteiger partial charge is 0.179 e. The van der Waals surface area contributed by atoms with Crippen molar-refractivity contribution in [1.29, 1.82) is 0 Å². The first-order valence-electron chi connectivity index (χ1n) is 7.16. The SMILES string of the molecule is COc1ccc(CNCC(C)(C)CCCO)c(Cl)c1OC. The van der Waals surface area contributed by atoms with Crippen molar-refractivity contribution >= 4 is 11.6 Å². The van der Waals surface area contributed by atoms with Crippen LogP contribution in [-0.4, -0.2) is 32.5 Å². The topological polar surface area (TPSA) is 50.7 Å². The van der Waals surface area contributed by atoms with Gasteiger partial charge in [-0.3, -0.25) is 0 Å². The van der Waals surface area contributed by atoms with Gasteiger partial charge in [-0.05, 0) is 29.9 Å². The molecule has 2 N–H and O–H groups in total. The van der Waals surface area contributed by atoms with Gasteiger partial charge < -0.3 is 19.9 Å². The van der Waals surface area contributed by atoms with Crippen LogP contribution in [0.3, 0.4) is 0 Å². The number of aliphatic hydroxyl groups excluding tert-OH is 1. The average molecular weight is 316 g/mol. The maximum absolute atomic E-state index is 8.91. The van der Waals surface area contributed by atoms with Crippen LogP contribution < -0.4 is 14.8 Å². The van der Waals surface area contributed by atoms with Crippen LogP contribution in [0.15, 0.2) is 12.1 Å². The van der Waals surface area contributed by atoms with E-state index in [0.29, 0.717) is 23.1 Å². The van der Waals surface area contributed by atoms with Gasteiger partial charge in [-0.1, -0.05) is 31.5 Å². The molecule has 0 spiro atoms. The van der Waals surface area contributed by atoms with Gasteiger partial charge in [0.25, 0.3) is 0 Å². The van der Waals surface area contributed by atoms with E-state index in [1.807, 2.05) is 12.1 Å². The summed E-state index contributed by atoms with van der Waals surface area (Å²) in [5, 5.41) is 12.9. The fourth-order valence-electron chi connectivity index (χ4n) is 2.25. The van der Waals surface area contributed by atoms with Crippen LogP contribution in [-0.2, 0) is 6.54 Å². The molecule has 1 aromatic carbocycles. The quantitative estimate of drug-likeness (QED) is 0.734. The number of methoxy groups -OCH3 is 2. The van der Waals surface area contributed by atoms with Gasteiger partial charge in [0.15, 0.2) is 11.5 Å². The van der Waals surface area contributed by atoms with Gasteiger partial charge in [0.1, 0.15) is 0 Å². The molecule has 0 bridgehead atoms. The van der Waals surface area contributed by atoms with Gasteiger partial charge in [0, 0.05) is 19.7 Å². The molecule has 1 aromatic rings. The van der Waals surface area contributed by atoms with Gasteiger partial charge in [0.05, 0.1) is 19.2 Å². The lowest BCUT2D eigenvalue weighted by Crippen LogP contribution is -2.29. The lowest BCUT2D eigenvalue weighted by molar-refractivity contribution is 0.236. The van der Waals surface area contributed by atoms with Gasteiger partial charge in [0.2, 0.25) is 0 Å². The molecule has 120 valence electrons. The summed E-state index contributed by atoms with van der Waals surface area (Å²) in [5.41, 5.74) is 1.12. The largest absolute Gasteiger partial charge is 0.493 e. The number of nitrogens with one attached hydrogen (secondary N) is 1. The van der Waals surface area contributed by atoms with Crippen molar-refractivity contribution in [2.24, 2.45) is 5.41 Å². The zero-order valence-electron chi connectivity index (χ0n) is 13.3. The minimum atomic E-state index is 0.145. The van der Waals surface area contributed by atoms with Gasteiger partial charge in [-0.25, -0.2) is 0 Å². The Kier molecular flexibility index (Phi) is 7.29. The van der Waals surface area contributed by atoms with Crippen LogP contribution in [0, 0.1) is 5.41 Å². The fourth-order valence-corrected chi connectivity index (χ4v) is 2.55. The summed E-state index contributed by atoms with van der Waals surface area (Å²) >= 11 is 6.35. The van der Waals surface area contributed by atoms with Crippen molar-refractivity contribution < 1.29 is 14.6 Å². The zero-order chi connectivity index (χ0) is 15.9. The van der Waals surface area contributed by atoms with Crippen molar-refractivity contribution in [3.8, 4) is 11.5 Å². The lowest BCUT2D eigenvalue weighted by Gasteiger charge is -2.25. The molecule has 0 aromatic heterocycles. The fraction of sp³-hybridized carbons (Fsp3) is 0.625. The molecule has 0 unspecified atom stereocenters. The summed E-state index contributed by atoms with van der Waals surface area (Å²) in [5.74, 6) is 1.20. The number of benzene rings is 1.